The van der Waals surface area contributed by atoms with Gasteiger partial charge in [-0.1, -0.05) is 105 Å². The van der Waals surface area contributed by atoms with E-state index in [4.69, 9.17) is 0 Å². The van der Waals surface area contributed by atoms with Crippen LogP contribution in [-0.2, 0) is 36.7 Å². The Morgan fingerprint density at radius 2 is 1.49 bits per heavy atom. The van der Waals surface area contributed by atoms with E-state index in [0.717, 1.165) is 70.4 Å². The van der Waals surface area contributed by atoms with E-state index >= 15 is 0 Å². The van der Waals surface area contributed by atoms with Gasteiger partial charge >= 0.3 is 0 Å². The zero-order valence-electron chi connectivity index (χ0n) is 32.4. The number of ketones is 1. The summed E-state index contributed by atoms with van der Waals surface area (Å²) in [7, 11) is 0. The second-order valence-electron chi connectivity index (χ2n) is 15.5. The van der Waals surface area contributed by atoms with Crippen LogP contribution in [0.5, 0.6) is 0 Å². The van der Waals surface area contributed by atoms with E-state index in [1.807, 2.05) is 47.7 Å². The summed E-state index contributed by atoms with van der Waals surface area (Å²) in [5.74, 6) is 0.878. The van der Waals surface area contributed by atoms with Gasteiger partial charge in [0.1, 0.15) is 12.1 Å². The van der Waals surface area contributed by atoms with Crippen LogP contribution in [0.1, 0.15) is 113 Å². The summed E-state index contributed by atoms with van der Waals surface area (Å²) in [6, 6.07) is 20.8. The van der Waals surface area contributed by atoms with Gasteiger partial charge in [0.05, 0.1) is 10.6 Å². The molecule has 51 heavy (non-hydrogen) atoms. The van der Waals surface area contributed by atoms with Gasteiger partial charge in [-0.15, -0.1) is 40.5 Å². The summed E-state index contributed by atoms with van der Waals surface area (Å²) >= 11 is 1.77. The molecule has 275 valence electrons. The molecule has 3 heterocycles. The predicted octanol–water partition coefficient (Wildman–Crippen LogP) is 12.5. The maximum Gasteiger partial charge on any atom is 0.164 e. The molecule has 0 saturated carbocycles. The Morgan fingerprint density at radius 3 is 2.10 bits per heavy atom. The number of pyridine rings is 1. The first-order chi connectivity index (χ1) is 23.6. The maximum atomic E-state index is 12.2. The third-order valence-corrected chi connectivity index (χ3v) is 11.6. The number of fused-ring (bicyclic) bond motifs is 2. The molecule has 0 aliphatic rings. The second kappa shape index (κ2) is 17.5. The van der Waals surface area contributed by atoms with E-state index < -0.39 is 0 Å². The number of nitrogens with zero attached hydrogens (tertiary/aromatic N) is 3. The monoisotopic (exact) mass is 883 g/mol. The number of benzene rings is 2. The molecule has 0 bridgehead atoms. The topological polar surface area (TPSA) is 76.0 Å². The summed E-state index contributed by atoms with van der Waals surface area (Å²) in [6.45, 7) is 23.3. The SMILES string of the molecule is CC(C)Cc1cc2sc(-c3cc(-c4[c-]c5ccccc5c(C(C)(C)C)c4)ncn3)cc2cn1.CCC(C)(CC)C(=O)/C=C(\O)C(C)(CC)CC.[Ir]. The molecule has 1 radical (unpaired) electrons. The number of allylic oxidation sites excluding steroid dienone is 2. The van der Waals surface area contributed by atoms with Crippen molar-refractivity contribution < 1.29 is 30.0 Å². The summed E-state index contributed by atoms with van der Waals surface area (Å²) in [5.41, 5.74) is 4.70. The molecule has 1 N–H and O–H groups in total. The van der Waals surface area contributed by atoms with Crippen molar-refractivity contribution >= 4 is 38.0 Å². The molecule has 0 saturated heterocycles. The number of aliphatic hydroxyl groups excluding tert-OH is 1. The molecular formula is C44H56IrN3O2S-. The summed E-state index contributed by atoms with van der Waals surface area (Å²) in [6.07, 6.45) is 9.40. The van der Waals surface area contributed by atoms with Gasteiger partial charge in [0.15, 0.2) is 5.78 Å². The molecule has 0 aliphatic carbocycles. The quantitative estimate of drug-likeness (QED) is 0.0812. The number of carbonyl (C=O) groups excluding carboxylic acids is 1. The Bertz CT molecular complexity index is 1960. The molecule has 5 rings (SSSR count). The molecule has 0 atom stereocenters. The van der Waals surface area contributed by atoms with Gasteiger partial charge in [-0.25, -0.2) is 4.98 Å². The predicted molar refractivity (Wildman–Crippen MR) is 213 cm³/mol. The van der Waals surface area contributed by atoms with Crippen molar-refractivity contribution in [3.05, 3.63) is 90.2 Å². The Kier molecular flexibility index (Phi) is 14.5. The number of aliphatic hydroxyl groups is 1. The molecule has 0 spiro atoms. The van der Waals surface area contributed by atoms with Crippen molar-refractivity contribution in [3.8, 4) is 21.8 Å². The zero-order valence-corrected chi connectivity index (χ0v) is 35.6. The number of thiophene rings is 1. The maximum absolute atomic E-state index is 12.2. The Morgan fingerprint density at radius 1 is 0.863 bits per heavy atom. The molecule has 5 nitrogen and oxygen atoms in total. The van der Waals surface area contributed by atoms with Gasteiger partial charge in [-0.3, -0.25) is 14.8 Å². The van der Waals surface area contributed by atoms with Crippen molar-refractivity contribution in [2.75, 3.05) is 0 Å². The van der Waals surface area contributed by atoms with Crippen LogP contribution >= 0.6 is 11.3 Å². The molecule has 2 aromatic carbocycles. The van der Waals surface area contributed by atoms with E-state index in [0.29, 0.717) is 5.92 Å². The van der Waals surface area contributed by atoms with Crippen LogP contribution in [0, 0.1) is 22.8 Å². The second-order valence-corrected chi connectivity index (χ2v) is 16.6. The van der Waals surface area contributed by atoms with Crippen molar-refractivity contribution in [2.45, 2.75) is 114 Å². The minimum absolute atomic E-state index is 0. The fourth-order valence-corrected chi connectivity index (χ4v) is 7.00. The van der Waals surface area contributed by atoms with Crippen molar-refractivity contribution in [1.29, 1.82) is 0 Å². The van der Waals surface area contributed by atoms with E-state index in [1.165, 1.54) is 21.7 Å². The summed E-state index contributed by atoms with van der Waals surface area (Å²) in [5, 5.41) is 13.7. The van der Waals surface area contributed by atoms with Crippen molar-refractivity contribution in [1.82, 2.24) is 15.0 Å². The number of hydrogen-bond donors (Lipinski definition) is 1. The van der Waals surface area contributed by atoms with Gasteiger partial charge in [-0.2, -0.15) is 0 Å². The normalized spacial score (nSPS) is 12.5. The molecule has 0 fully saturated rings. The van der Waals surface area contributed by atoms with Crippen LogP contribution in [-0.4, -0.2) is 25.8 Å². The van der Waals surface area contributed by atoms with Gasteiger partial charge in [0, 0.05) is 64.7 Å². The minimum Gasteiger partial charge on any atom is -0.512 e. The molecular weight excluding hydrogens is 827 g/mol. The number of aromatic nitrogens is 3. The largest absolute Gasteiger partial charge is 0.512 e. The van der Waals surface area contributed by atoms with Crippen LogP contribution < -0.4 is 0 Å². The molecule has 0 aliphatic heterocycles. The smallest absolute Gasteiger partial charge is 0.164 e. The van der Waals surface area contributed by atoms with Crippen LogP contribution in [0.25, 0.3) is 42.7 Å². The number of rotatable bonds is 11. The zero-order chi connectivity index (χ0) is 36.9. The molecule has 7 heteroatoms. The fraction of sp³-hybridized carbons (Fsp3) is 0.455. The van der Waals surface area contributed by atoms with Crippen LogP contribution in [0.15, 0.2) is 72.9 Å². The third-order valence-electron chi connectivity index (χ3n) is 10.5. The first-order valence-electron chi connectivity index (χ1n) is 18.2. The third kappa shape index (κ3) is 10.0. The van der Waals surface area contributed by atoms with Gasteiger partial charge in [-0.05, 0) is 61.6 Å². The molecule has 5 aromatic rings. The number of hydrogen-bond acceptors (Lipinski definition) is 6. The Hall–Kier alpha value is -3.25. The number of carbonyl (C=O) groups is 1. The van der Waals surface area contributed by atoms with E-state index in [2.05, 4.69) is 104 Å². The van der Waals surface area contributed by atoms with Gasteiger partial charge < -0.3 is 5.11 Å². The van der Waals surface area contributed by atoms with Crippen LogP contribution in [0.2, 0.25) is 0 Å². The summed E-state index contributed by atoms with van der Waals surface area (Å²) < 4.78 is 1.25. The van der Waals surface area contributed by atoms with E-state index in [9.17, 15) is 9.90 Å². The standard InChI is InChI=1S/C29H28N3S.C15H28O2.Ir/c1-18(2)10-22-14-27-21(16-30-22)13-28(33-27)26-15-25(31-17-32-26)20-11-19-8-6-7-9-23(19)24(12-20)29(3,4)5;1-7-14(5,8-2)12(16)11-13(17)15(6,9-3)10-4;/h6-9,12-18H,10H2,1-5H3;11,16H,7-10H2,1-6H3;/q-1;;/b;12-11-;. The Balaban J connectivity index is 0.000000335. The molecule has 3 aromatic heterocycles. The van der Waals surface area contributed by atoms with Crippen molar-refractivity contribution in [3.63, 3.8) is 0 Å². The molecule has 0 unspecified atom stereocenters. The summed E-state index contributed by atoms with van der Waals surface area (Å²) in [4.78, 5) is 27.2. The Labute approximate surface area is 323 Å². The minimum atomic E-state index is -0.337. The van der Waals surface area contributed by atoms with Crippen LogP contribution in [0.4, 0.5) is 0 Å². The van der Waals surface area contributed by atoms with E-state index in [1.54, 1.807) is 17.7 Å². The van der Waals surface area contributed by atoms with Gasteiger partial charge in [0.25, 0.3) is 0 Å². The molecule has 0 amide bonds. The first-order valence-corrected chi connectivity index (χ1v) is 19.0. The van der Waals surface area contributed by atoms with E-state index in [-0.39, 0.29) is 47.9 Å². The van der Waals surface area contributed by atoms with Gasteiger partial charge in [0.2, 0.25) is 0 Å². The fourth-order valence-electron chi connectivity index (χ4n) is 5.94. The average Bonchev–Trinajstić information content (AvgIpc) is 3.53. The average molecular weight is 883 g/mol. The van der Waals surface area contributed by atoms with Crippen LogP contribution in [0.3, 0.4) is 0 Å². The van der Waals surface area contributed by atoms with Crippen molar-refractivity contribution in [2.24, 2.45) is 16.7 Å². The first kappa shape index (κ1) is 42.2.